The molecule has 2 rings (SSSR count). The third kappa shape index (κ3) is 3.31. The van der Waals surface area contributed by atoms with Gasteiger partial charge in [-0.15, -0.1) is 22.9 Å². The molecule has 1 aromatic heterocycles. The molecule has 0 bridgehead atoms. The molecule has 0 saturated heterocycles. The Morgan fingerprint density at radius 1 is 1.59 bits per heavy atom. The molecule has 1 heterocycles. The lowest BCUT2D eigenvalue weighted by Crippen LogP contribution is -2.28. The average Bonchev–Trinajstić information content (AvgIpc) is 2.82. The van der Waals surface area contributed by atoms with Crippen LogP contribution in [0, 0.1) is 22.7 Å². The van der Waals surface area contributed by atoms with Gasteiger partial charge in [0.25, 0.3) is 0 Å². The number of carbonyl (C=O) groups is 1. The zero-order valence-electron chi connectivity index (χ0n) is 13.6. The third-order valence-electron chi connectivity index (χ3n) is 4.99. The van der Waals surface area contributed by atoms with Crippen LogP contribution in [-0.4, -0.2) is 11.3 Å². The molecule has 2 atom stereocenters. The van der Waals surface area contributed by atoms with Crippen molar-refractivity contribution in [2.75, 3.05) is 5.32 Å². The van der Waals surface area contributed by atoms with Crippen molar-refractivity contribution in [3.8, 4) is 6.07 Å². The molecule has 3 nitrogen and oxygen atoms in total. The number of hydrogen-bond donors (Lipinski definition) is 1. The van der Waals surface area contributed by atoms with Crippen molar-refractivity contribution in [2.24, 2.45) is 11.3 Å². The van der Waals surface area contributed by atoms with E-state index in [-0.39, 0.29) is 5.91 Å². The van der Waals surface area contributed by atoms with Crippen molar-refractivity contribution >= 4 is 33.8 Å². The fourth-order valence-electron chi connectivity index (χ4n) is 2.96. The van der Waals surface area contributed by atoms with Crippen molar-refractivity contribution in [1.29, 1.82) is 5.26 Å². The maximum atomic E-state index is 11.8. The van der Waals surface area contributed by atoms with E-state index in [9.17, 15) is 10.1 Å². The molecule has 0 aliphatic heterocycles. The van der Waals surface area contributed by atoms with Gasteiger partial charge in [0.05, 0.1) is 5.56 Å². The van der Waals surface area contributed by atoms with Gasteiger partial charge < -0.3 is 5.32 Å². The van der Waals surface area contributed by atoms with Crippen LogP contribution in [0.15, 0.2) is 0 Å². The number of nitriles is 1. The lowest BCUT2D eigenvalue weighted by atomic mass is 9.69. The molecule has 1 aliphatic carbocycles. The smallest absolute Gasteiger partial charge is 0.242 e. The first-order valence-electron chi connectivity index (χ1n) is 7.79. The number of thiophene rings is 1. The Hall–Kier alpha value is -1.05. The second kappa shape index (κ2) is 6.60. The summed E-state index contributed by atoms with van der Waals surface area (Å²) in [5, 5.41) is 12.3. The zero-order valence-corrected chi connectivity index (χ0v) is 15.2. The van der Waals surface area contributed by atoms with Gasteiger partial charge in [-0.3, -0.25) is 4.79 Å². The molecule has 0 unspecified atom stereocenters. The van der Waals surface area contributed by atoms with E-state index in [1.165, 1.54) is 4.88 Å². The first kappa shape index (κ1) is 17.3. The quantitative estimate of drug-likeness (QED) is 0.807. The van der Waals surface area contributed by atoms with Crippen LogP contribution in [0.5, 0.6) is 0 Å². The van der Waals surface area contributed by atoms with E-state index in [0.717, 1.165) is 31.2 Å². The minimum atomic E-state index is -0.600. The number of amides is 1. The maximum Gasteiger partial charge on any atom is 0.242 e. The monoisotopic (exact) mass is 338 g/mol. The molecule has 1 aromatic rings. The number of nitrogens with one attached hydrogen (secondary N) is 1. The van der Waals surface area contributed by atoms with Crippen LogP contribution < -0.4 is 5.32 Å². The molecule has 0 saturated carbocycles. The molecule has 0 aromatic carbocycles. The van der Waals surface area contributed by atoms with Crippen molar-refractivity contribution in [1.82, 2.24) is 0 Å². The summed E-state index contributed by atoms with van der Waals surface area (Å²) in [5.74, 6) is 0.382. The van der Waals surface area contributed by atoms with Crippen molar-refractivity contribution in [3.63, 3.8) is 0 Å². The van der Waals surface area contributed by atoms with Gasteiger partial charge in [0.1, 0.15) is 16.4 Å². The van der Waals surface area contributed by atoms with E-state index in [1.807, 2.05) is 0 Å². The van der Waals surface area contributed by atoms with Crippen LogP contribution in [0.4, 0.5) is 5.00 Å². The molecule has 0 radical (unpaired) electrons. The van der Waals surface area contributed by atoms with Gasteiger partial charge in [-0.1, -0.05) is 27.2 Å². The summed E-state index contributed by atoms with van der Waals surface area (Å²) in [4.78, 5) is 13.1. The summed E-state index contributed by atoms with van der Waals surface area (Å²) >= 11 is 7.36. The number of anilines is 1. The summed E-state index contributed by atoms with van der Waals surface area (Å²) < 4.78 is 0. The Labute approximate surface area is 141 Å². The van der Waals surface area contributed by atoms with Crippen LogP contribution in [0.3, 0.4) is 0 Å². The molecule has 1 N–H and O–H groups in total. The normalized spacial score (nSPS) is 19.2. The highest BCUT2D eigenvalue weighted by Gasteiger charge is 2.34. The summed E-state index contributed by atoms with van der Waals surface area (Å²) in [7, 11) is 0. The van der Waals surface area contributed by atoms with Crippen LogP contribution >= 0.6 is 22.9 Å². The Balaban J connectivity index is 2.29. The van der Waals surface area contributed by atoms with E-state index < -0.39 is 5.38 Å². The van der Waals surface area contributed by atoms with E-state index in [4.69, 9.17) is 11.6 Å². The fourth-order valence-corrected chi connectivity index (χ4v) is 4.29. The first-order valence-corrected chi connectivity index (χ1v) is 9.05. The number of rotatable bonds is 4. The largest absolute Gasteiger partial charge is 0.315 e. The van der Waals surface area contributed by atoms with Gasteiger partial charge in [-0.25, -0.2) is 0 Å². The van der Waals surface area contributed by atoms with Gasteiger partial charge >= 0.3 is 0 Å². The highest BCUT2D eigenvalue weighted by atomic mass is 35.5. The lowest BCUT2D eigenvalue weighted by Gasteiger charge is -2.36. The molecule has 1 amide bonds. The average molecular weight is 339 g/mol. The van der Waals surface area contributed by atoms with Gasteiger partial charge in [0.15, 0.2) is 0 Å². The van der Waals surface area contributed by atoms with Crippen LogP contribution in [0.1, 0.15) is 56.5 Å². The van der Waals surface area contributed by atoms with Crippen molar-refractivity contribution in [3.05, 3.63) is 16.0 Å². The van der Waals surface area contributed by atoms with Gasteiger partial charge in [-0.2, -0.15) is 5.26 Å². The molecular formula is C17H23ClN2OS. The maximum absolute atomic E-state index is 11.8. The zero-order chi connectivity index (χ0) is 16.5. The minimum Gasteiger partial charge on any atom is -0.315 e. The molecule has 5 heteroatoms. The molecule has 120 valence electrons. The number of nitrogens with zero attached hydrogens (tertiary/aromatic N) is 1. The van der Waals surface area contributed by atoms with E-state index in [1.54, 1.807) is 18.3 Å². The minimum absolute atomic E-state index is 0.248. The van der Waals surface area contributed by atoms with Crippen LogP contribution in [-0.2, 0) is 17.6 Å². The Bertz CT molecular complexity index is 613. The second-order valence-corrected chi connectivity index (χ2v) is 8.47. The molecule has 1 aliphatic rings. The number of halogens is 1. The van der Waals surface area contributed by atoms with Gasteiger partial charge in [-0.05, 0) is 43.1 Å². The standard InChI is InChI=1S/C17H23ClN2OS/c1-5-17(3,4)11-6-7-12-13(9-19)16(22-14(12)8-11)20-15(21)10(2)18/h10-11H,5-8H2,1-4H3,(H,20,21)/t10-,11-/m1/s1. The third-order valence-corrected chi connectivity index (χ3v) is 6.36. The highest BCUT2D eigenvalue weighted by Crippen LogP contribution is 2.45. The van der Waals surface area contributed by atoms with Gasteiger partial charge in [0, 0.05) is 4.88 Å². The number of carbonyl (C=O) groups excluding carboxylic acids is 1. The van der Waals surface area contributed by atoms with E-state index in [2.05, 4.69) is 32.2 Å². The molecule has 0 fully saturated rings. The predicted octanol–water partition coefficient (Wildman–Crippen LogP) is 4.73. The van der Waals surface area contributed by atoms with Crippen LogP contribution in [0.25, 0.3) is 0 Å². The predicted molar refractivity (Wildman–Crippen MR) is 92.6 cm³/mol. The Kier molecular flexibility index (Phi) is 5.19. The summed E-state index contributed by atoms with van der Waals surface area (Å²) in [6.07, 6.45) is 4.19. The molecule has 22 heavy (non-hydrogen) atoms. The summed E-state index contributed by atoms with van der Waals surface area (Å²) in [6.45, 7) is 8.51. The number of alkyl halides is 1. The Morgan fingerprint density at radius 2 is 2.27 bits per heavy atom. The van der Waals surface area contributed by atoms with E-state index >= 15 is 0 Å². The number of hydrogen-bond acceptors (Lipinski definition) is 3. The summed E-state index contributed by atoms with van der Waals surface area (Å²) in [5.41, 5.74) is 2.08. The first-order chi connectivity index (χ1) is 10.3. The van der Waals surface area contributed by atoms with Crippen molar-refractivity contribution < 1.29 is 4.79 Å². The second-order valence-electron chi connectivity index (χ2n) is 6.71. The SMILES string of the molecule is CCC(C)(C)[C@@H]1CCc2c(sc(NC(=O)[C@@H](C)Cl)c2C#N)C1. The fraction of sp³-hybridized carbons (Fsp3) is 0.647. The van der Waals surface area contributed by atoms with Crippen molar-refractivity contribution in [2.45, 2.75) is 58.8 Å². The summed E-state index contributed by atoms with van der Waals surface area (Å²) in [6, 6.07) is 2.27. The van der Waals surface area contributed by atoms with Gasteiger partial charge in [0.2, 0.25) is 5.91 Å². The lowest BCUT2D eigenvalue weighted by molar-refractivity contribution is -0.115. The molecule has 0 spiro atoms. The highest BCUT2D eigenvalue weighted by molar-refractivity contribution is 7.16. The number of fused-ring (bicyclic) bond motifs is 1. The Morgan fingerprint density at radius 3 is 2.82 bits per heavy atom. The van der Waals surface area contributed by atoms with Crippen LogP contribution in [0.2, 0.25) is 0 Å². The topological polar surface area (TPSA) is 52.9 Å². The molecular weight excluding hydrogens is 316 g/mol. The van der Waals surface area contributed by atoms with E-state index in [0.29, 0.717) is 21.9 Å².